The number of para-hydroxylation sites is 1. The normalized spacial score (nSPS) is 22.0. The van der Waals surface area contributed by atoms with Gasteiger partial charge in [0, 0.05) is 18.7 Å². The molecule has 0 spiro atoms. The van der Waals surface area contributed by atoms with Crippen molar-refractivity contribution in [2.75, 3.05) is 31.5 Å². The first-order valence-electron chi connectivity index (χ1n) is 9.68. The van der Waals surface area contributed by atoms with Crippen molar-refractivity contribution in [3.8, 4) is 0 Å². The lowest BCUT2D eigenvalue weighted by Gasteiger charge is -2.22. The summed E-state index contributed by atoms with van der Waals surface area (Å²) in [5.74, 6) is 1.16. The Labute approximate surface area is 159 Å². The quantitative estimate of drug-likeness (QED) is 0.881. The zero-order valence-electron chi connectivity index (χ0n) is 15.4. The smallest absolute Gasteiger partial charge is 0.255 e. The lowest BCUT2D eigenvalue weighted by molar-refractivity contribution is 0.0759. The molecule has 2 heterocycles. The number of benzene rings is 2. The zero-order chi connectivity index (χ0) is 18.6. The Morgan fingerprint density at radius 1 is 0.889 bits per heavy atom. The van der Waals surface area contributed by atoms with Crippen LogP contribution in [0.5, 0.6) is 0 Å². The molecule has 5 nitrogen and oxygen atoms in total. The summed E-state index contributed by atoms with van der Waals surface area (Å²) in [4.78, 5) is 27.6. The van der Waals surface area contributed by atoms with Gasteiger partial charge in [-0.05, 0) is 62.0 Å². The number of carbonyl (C=O) groups is 2. The third-order valence-corrected chi connectivity index (χ3v) is 5.75. The number of hydrogen-bond donors (Lipinski definition) is 2. The Kier molecular flexibility index (Phi) is 5.21. The number of nitrogens with zero attached hydrogens (tertiary/aromatic N) is 1. The van der Waals surface area contributed by atoms with Crippen LogP contribution < -0.4 is 10.6 Å². The number of nitrogens with one attached hydrogen (secondary N) is 2. The van der Waals surface area contributed by atoms with Crippen molar-refractivity contribution in [1.29, 1.82) is 0 Å². The molecule has 2 atom stereocenters. The van der Waals surface area contributed by atoms with Crippen molar-refractivity contribution in [2.45, 2.75) is 12.8 Å². The molecule has 0 radical (unpaired) electrons. The highest BCUT2D eigenvalue weighted by Crippen LogP contribution is 2.28. The average molecular weight is 363 g/mol. The second-order valence-electron chi connectivity index (χ2n) is 7.41. The fourth-order valence-electron chi connectivity index (χ4n) is 4.15. The van der Waals surface area contributed by atoms with Crippen molar-refractivity contribution in [3.05, 3.63) is 65.7 Å². The predicted octanol–water partition coefficient (Wildman–Crippen LogP) is 3.01. The molecule has 0 bridgehead atoms. The van der Waals surface area contributed by atoms with E-state index in [0.717, 1.165) is 39.0 Å². The van der Waals surface area contributed by atoms with Crippen molar-refractivity contribution in [2.24, 2.45) is 11.8 Å². The summed E-state index contributed by atoms with van der Waals surface area (Å²) in [5, 5.41) is 6.37. The SMILES string of the molecule is O=C(Nc1ccccc1C(=O)N1CC[C@@H]2CNC[C@@H]2CC1)c1ccccc1. The third kappa shape index (κ3) is 3.88. The summed E-state index contributed by atoms with van der Waals surface area (Å²) < 4.78 is 0. The number of anilines is 1. The fraction of sp³-hybridized carbons (Fsp3) is 0.364. The van der Waals surface area contributed by atoms with Crippen LogP contribution in [0.4, 0.5) is 5.69 Å². The zero-order valence-corrected chi connectivity index (χ0v) is 15.4. The molecule has 2 fully saturated rings. The Bertz CT molecular complexity index is 807. The van der Waals surface area contributed by atoms with Gasteiger partial charge in [-0.15, -0.1) is 0 Å². The molecule has 0 unspecified atom stereocenters. The Hall–Kier alpha value is -2.66. The molecule has 2 aromatic carbocycles. The van der Waals surface area contributed by atoms with Crippen LogP contribution in [-0.4, -0.2) is 42.9 Å². The van der Waals surface area contributed by atoms with E-state index in [1.807, 2.05) is 35.2 Å². The maximum Gasteiger partial charge on any atom is 0.255 e. The highest BCUT2D eigenvalue weighted by Gasteiger charge is 2.32. The van der Waals surface area contributed by atoms with Crippen LogP contribution in [0.1, 0.15) is 33.6 Å². The van der Waals surface area contributed by atoms with Gasteiger partial charge >= 0.3 is 0 Å². The minimum absolute atomic E-state index is 0.00638. The summed E-state index contributed by atoms with van der Waals surface area (Å²) >= 11 is 0. The van der Waals surface area contributed by atoms with Gasteiger partial charge in [-0.25, -0.2) is 0 Å². The van der Waals surface area contributed by atoms with Gasteiger partial charge in [0.15, 0.2) is 0 Å². The molecule has 0 aliphatic carbocycles. The van der Waals surface area contributed by atoms with Gasteiger partial charge in [0.05, 0.1) is 11.3 Å². The van der Waals surface area contributed by atoms with Crippen LogP contribution in [0.15, 0.2) is 54.6 Å². The maximum absolute atomic E-state index is 13.2. The second-order valence-corrected chi connectivity index (χ2v) is 7.41. The van der Waals surface area contributed by atoms with E-state index in [-0.39, 0.29) is 11.8 Å². The lowest BCUT2D eigenvalue weighted by atomic mass is 9.92. The summed E-state index contributed by atoms with van der Waals surface area (Å²) in [6, 6.07) is 16.4. The highest BCUT2D eigenvalue weighted by atomic mass is 16.2. The minimum atomic E-state index is -0.202. The Morgan fingerprint density at radius 2 is 1.52 bits per heavy atom. The van der Waals surface area contributed by atoms with Gasteiger partial charge in [0.25, 0.3) is 11.8 Å². The van der Waals surface area contributed by atoms with Gasteiger partial charge in [-0.3, -0.25) is 9.59 Å². The predicted molar refractivity (Wildman–Crippen MR) is 106 cm³/mol. The summed E-state index contributed by atoms with van der Waals surface area (Å²) in [5.41, 5.74) is 1.71. The Morgan fingerprint density at radius 3 is 2.22 bits per heavy atom. The van der Waals surface area contributed by atoms with E-state index in [4.69, 9.17) is 0 Å². The average Bonchev–Trinajstić information content (AvgIpc) is 3.07. The Balaban J connectivity index is 1.50. The maximum atomic E-state index is 13.2. The molecule has 5 heteroatoms. The molecular weight excluding hydrogens is 338 g/mol. The first-order chi connectivity index (χ1) is 13.2. The molecule has 2 amide bonds. The topological polar surface area (TPSA) is 61.4 Å². The van der Waals surface area contributed by atoms with Gasteiger partial charge in [0.2, 0.25) is 0 Å². The first kappa shape index (κ1) is 17.7. The van der Waals surface area contributed by atoms with Gasteiger partial charge in [-0.2, -0.15) is 0 Å². The monoisotopic (exact) mass is 363 g/mol. The summed E-state index contributed by atoms with van der Waals surface area (Å²) in [6.07, 6.45) is 2.09. The van der Waals surface area contributed by atoms with Crippen LogP contribution in [0, 0.1) is 11.8 Å². The molecule has 2 aliphatic rings. The molecular formula is C22H25N3O2. The van der Waals surface area contributed by atoms with Crippen LogP contribution >= 0.6 is 0 Å². The van der Waals surface area contributed by atoms with Gasteiger partial charge in [-0.1, -0.05) is 30.3 Å². The summed E-state index contributed by atoms with van der Waals surface area (Å²) in [7, 11) is 0. The van der Waals surface area contributed by atoms with Crippen molar-refractivity contribution < 1.29 is 9.59 Å². The molecule has 2 aromatic rings. The van der Waals surface area contributed by atoms with Crippen LogP contribution in [0.25, 0.3) is 0 Å². The third-order valence-electron chi connectivity index (χ3n) is 5.75. The molecule has 27 heavy (non-hydrogen) atoms. The lowest BCUT2D eigenvalue weighted by Crippen LogP contribution is -2.33. The molecule has 0 aromatic heterocycles. The van der Waals surface area contributed by atoms with Gasteiger partial charge < -0.3 is 15.5 Å². The molecule has 0 saturated carbocycles. The van der Waals surface area contributed by atoms with Crippen LogP contribution in [0.3, 0.4) is 0 Å². The molecule has 2 aliphatic heterocycles. The van der Waals surface area contributed by atoms with E-state index in [1.165, 1.54) is 0 Å². The van der Waals surface area contributed by atoms with Gasteiger partial charge in [0.1, 0.15) is 0 Å². The van der Waals surface area contributed by atoms with E-state index < -0.39 is 0 Å². The minimum Gasteiger partial charge on any atom is -0.339 e. The number of fused-ring (bicyclic) bond motifs is 1. The standard InChI is InChI=1S/C22H25N3O2/c26-21(16-6-2-1-3-7-16)24-20-9-5-4-8-19(20)22(27)25-12-10-17-14-23-15-18(17)11-13-25/h1-9,17-18,23H,10-15H2,(H,24,26)/t17-,18+. The first-order valence-corrected chi connectivity index (χ1v) is 9.68. The van der Waals surface area contributed by atoms with E-state index in [1.54, 1.807) is 24.3 Å². The van der Waals surface area contributed by atoms with E-state index in [0.29, 0.717) is 28.7 Å². The molecule has 140 valence electrons. The second kappa shape index (κ2) is 7.92. The number of amides is 2. The molecule has 2 saturated heterocycles. The largest absolute Gasteiger partial charge is 0.339 e. The number of carbonyl (C=O) groups excluding carboxylic acids is 2. The van der Waals surface area contributed by atoms with Crippen molar-refractivity contribution in [1.82, 2.24) is 10.2 Å². The highest BCUT2D eigenvalue weighted by molar-refractivity contribution is 6.09. The van der Waals surface area contributed by atoms with Crippen molar-refractivity contribution >= 4 is 17.5 Å². The van der Waals surface area contributed by atoms with E-state index in [2.05, 4.69) is 10.6 Å². The number of likely N-dealkylation sites (tertiary alicyclic amines) is 1. The number of hydrogen-bond acceptors (Lipinski definition) is 3. The summed E-state index contributed by atoms with van der Waals surface area (Å²) in [6.45, 7) is 3.69. The molecule has 4 rings (SSSR count). The fourth-order valence-corrected chi connectivity index (χ4v) is 4.15. The molecule has 2 N–H and O–H groups in total. The van der Waals surface area contributed by atoms with Crippen LogP contribution in [-0.2, 0) is 0 Å². The number of rotatable bonds is 3. The van der Waals surface area contributed by atoms with Crippen LogP contribution in [0.2, 0.25) is 0 Å². The van der Waals surface area contributed by atoms with E-state index in [9.17, 15) is 9.59 Å². The van der Waals surface area contributed by atoms with E-state index >= 15 is 0 Å². The van der Waals surface area contributed by atoms with Crippen molar-refractivity contribution in [3.63, 3.8) is 0 Å².